The number of aromatic nitrogens is 2. The number of H-pyrrole nitrogens is 1. The second-order valence-electron chi connectivity index (χ2n) is 14.5. The maximum Gasteiger partial charge on any atom is 0.335 e. The van der Waals surface area contributed by atoms with Gasteiger partial charge < -0.3 is 29.6 Å². The summed E-state index contributed by atoms with van der Waals surface area (Å²) in [5, 5.41) is 20.6. The summed E-state index contributed by atoms with van der Waals surface area (Å²) in [6.07, 6.45) is 10.7. The van der Waals surface area contributed by atoms with Crippen LogP contribution < -0.4 is 0 Å². The first-order valence-corrected chi connectivity index (χ1v) is 17.8. The molecule has 1 amide bonds. The second-order valence-corrected chi connectivity index (χ2v) is 14.5. The van der Waals surface area contributed by atoms with Gasteiger partial charge in [0.05, 0.1) is 16.6 Å². The average molecular weight is 670 g/mol. The van der Waals surface area contributed by atoms with E-state index in [-0.39, 0.29) is 11.6 Å². The van der Waals surface area contributed by atoms with Crippen molar-refractivity contribution in [3.8, 4) is 0 Å². The fraction of sp³-hybridized carbons (Fsp3) is 0.513. The van der Waals surface area contributed by atoms with Crippen molar-refractivity contribution in [3.63, 3.8) is 0 Å². The number of nitrogens with one attached hydrogen (secondary N) is 1. The Morgan fingerprint density at radius 3 is 1.86 bits per heavy atom. The Morgan fingerprint density at radius 2 is 1.27 bits per heavy atom. The van der Waals surface area contributed by atoms with Gasteiger partial charge in [-0.1, -0.05) is 0 Å². The maximum atomic E-state index is 12.8. The van der Waals surface area contributed by atoms with Crippen LogP contribution in [0.4, 0.5) is 4.79 Å². The molecule has 0 saturated carbocycles. The van der Waals surface area contributed by atoms with Crippen LogP contribution in [0, 0.1) is 23.7 Å². The first kappa shape index (κ1) is 33.4. The molecule has 2 atom stereocenters. The monoisotopic (exact) mass is 669 g/mol. The maximum absolute atomic E-state index is 12.8. The van der Waals surface area contributed by atoms with Gasteiger partial charge in [-0.3, -0.25) is 4.57 Å². The summed E-state index contributed by atoms with van der Waals surface area (Å²) in [5.74, 6) is 0.905. The molecule has 2 aliphatic carbocycles. The smallest absolute Gasteiger partial charge is 0.335 e. The van der Waals surface area contributed by atoms with Gasteiger partial charge in [-0.05, 0) is 135 Å². The second kappa shape index (κ2) is 14.0. The molecular weight excluding hydrogens is 622 g/mol. The molecule has 10 nitrogen and oxygen atoms in total. The van der Waals surface area contributed by atoms with Gasteiger partial charge in [0.15, 0.2) is 0 Å². The summed E-state index contributed by atoms with van der Waals surface area (Å²) in [6.45, 7) is 3.45. The Morgan fingerprint density at radius 1 is 0.714 bits per heavy atom. The lowest BCUT2D eigenvalue weighted by Gasteiger charge is -2.33. The molecule has 0 bridgehead atoms. The van der Waals surface area contributed by atoms with E-state index in [0.717, 1.165) is 110 Å². The number of ether oxygens (including phenoxy) is 2. The molecule has 2 fully saturated rings. The zero-order chi connectivity index (χ0) is 34.2. The van der Waals surface area contributed by atoms with Gasteiger partial charge in [-0.25, -0.2) is 14.4 Å². The van der Waals surface area contributed by atoms with Crippen molar-refractivity contribution in [2.45, 2.75) is 64.2 Å². The summed E-state index contributed by atoms with van der Waals surface area (Å²) < 4.78 is 12.8. The van der Waals surface area contributed by atoms with Crippen LogP contribution in [0.2, 0.25) is 0 Å². The van der Waals surface area contributed by atoms with Crippen LogP contribution in [0.15, 0.2) is 36.4 Å². The van der Waals surface area contributed by atoms with Gasteiger partial charge in [0, 0.05) is 68.2 Å². The molecule has 0 radical (unpaired) electrons. The van der Waals surface area contributed by atoms with Crippen molar-refractivity contribution >= 4 is 39.8 Å². The zero-order valence-electron chi connectivity index (χ0n) is 28.5. The number of carbonyl (C=O) groups is 3. The molecule has 2 aliphatic heterocycles. The summed E-state index contributed by atoms with van der Waals surface area (Å²) in [6, 6.07) is 10.5. The van der Waals surface area contributed by atoms with Gasteiger partial charge >= 0.3 is 18.0 Å². The van der Waals surface area contributed by atoms with E-state index >= 15 is 0 Å². The van der Waals surface area contributed by atoms with Gasteiger partial charge in [-0.15, -0.1) is 0 Å². The molecule has 4 heterocycles. The summed E-state index contributed by atoms with van der Waals surface area (Å²) in [5.41, 5.74) is 7.40. The number of hydrogen-bond donors (Lipinski definition) is 3. The Bertz CT molecular complexity index is 1880. The summed E-state index contributed by atoms with van der Waals surface area (Å²) in [4.78, 5) is 40.6. The van der Waals surface area contributed by atoms with E-state index < -0.39 is 11.9 Å². The normalized spacial score (nSPS) is 21.4. The first-order chi connectivity index (χ1) is 23.7. The minimum atomic E-state index is -0.936. The highest BCUT2D eigenvalue weighted by Gasteiger charge is 2.33. The van der Waals surface area contributed by atoms with Crippen LogP contribution in [0.3, 0.4) is 0 Å². The molecule has 10 heteroatoms. The number of aryl methyl sites for hydroxylation is 1. The number of benzene rings is 2. The number of amides is 1. The molecule has 2 unspecified atom stereocenters. The van der Waals surface area contributed by atoms with E-state index in [2.05, 4.69) is 4.98 Å². The summed E-state index contributed by atoms with van der Waals surface area (Å²) in [7, 11) is 3.50. The molecule has 49 heavy (non-hydrogen) atoms. The van der Waals surface area contributed by atoms with E-state index in [1.165, 1.54) is 30.5 Å². The Balaban J connectivity index is 0.000000157. The third-order valence-corrected chi connectivity index (χ3v) is 11.6. The van der Waals surface area contributed by atoms with Crippen molar-refractivity contribution in [2.75, 3.05) is 40.5 Å². The van der Waals surface area contributed by atoms with Crippen molar-refractivity contribution in [2.24, 2.45) is 23.7 Å². The third-order valence-electron chi connectivity index (χ3n) is 11.6. The van der Waals surface area contributed by atoms with Crippen LogP contribution in [0.25, 0.3) is 21.8 Å². The number of nitrogens with zero attached hydrogens (tertiary/aromatic N) is 2. The lowest BCUT2D eigenvalue weighted by atomic mass is 9.75. The van der Waals surface area contributed by atoms with Crippen LogP contribution in [-0.4, -0.2) is 83.2 Å². The Kier molecular flexibility index (Phi) is 9.53. The lowest BCUT2D eigenvalue weighted by Crippen LogP contribution is -2.31. The van der Waals surface area contributed by atoms with Gasteiger partial charge in [0.1, 0.15) is 0 Å². The molecule has 2 saturated heterocycles. The molecule has 4 aromatic rings. The first-order valence-electron chi connectivity index (χ1n) is 17.8. The average Bonchev–Trinajstić information content (AvgIpc) is 3.66. The van der Waals surface area contributed by atoms with Crippen LogP contribution in [0.1, 0.15) is 81.8 Å². The lowest BCUT2D eigenvalue weighted by molar-refractivity contribution is 0.0438. The number of rotatable bonds is 4. The minimum absolute atomic E-state index is 0.0751. The number of aromatic carboxylic acids is 2. The molecule has 8 rings (SSSR count). The van der Waals surface area contributed by atoms with E-state index in [1.807, 2.05) is 12.1 Å². The van der Waals surface area contributed by atoms with E-state index in [0.29, 0.717) is 23.3 Å². The number of aromatic amines is 1. The summed E-state index contributed by atoms with van der Waals surface area (Å²) >= 11 is 0. The number of fused-ring (bicyclic) bond motifs is 6. The molecular formula is C39H47N3O7. The highest BCUT2D eigenvalue weighted by molar-refractivity contribution is 6.00. The fourth-order valence-corrected chi connectivity index (χ4v) is 8.89. The zero-order valence-corrected chi connectivity index (χ0v) is 28.5. The number of carboxylic acids is 2. The van der Waals surface area contributed by atoms with Gasteiger partial charge in [0.25, 0.3) is 0 Å². The molecule has 2 aromatic heterocycles. The molecule has 260 valence electrons. The predicted molar refractivity (Wildman–Crippen MR) is 187 cm³/mol. The van der Waals surface area contributed by atoms with Crippen LogP contribution in [-0.2, 0) is 35.2 Å². The van der Waals surface area contributed by atoms with Crippen molar-refractivity contribution in [1.82, 2.24) is 14.5 Å². The minimum Gasteiger partial charge on any atom is -0.478 e. The number of carboxylic acid groups (broad SMARTS) is 2. The predicted octanol–water partition coefficient (Wildman–Crippen LogP) is 6.80. The quantitative estimate of drug-likeness (QED) is 0.218. The topological polar surface area (TPSA) is 134 Å². The standard InChI is InChI=1S/C21H26N2O4.C18H21NO3/c1-22(2)21(26)23-18-5-3-14(13-7-9-27-10-8-13)11-16(18)17-12-15(20(24)25)4-6-19(17)23;20-18(21)13-2-4-17-15(10-13)14-9-12(1-3-16(14)19-17)11-5-7-22-8-6-11/h4,6,12-14H,3,5,7-11H2,1-2H3,(H,24,25);2,4,10-12,19H,1,3,5-9H2,(H,20,21). The number of hydrogen-bond acceptors (Lipinski definition) is 5. The van der Waals surface area contributed by atoms with E-state index in [1.54, 1.807) is 47.8 Å². The van der Waals surface area contributed by atoms with Crippen molar-refractivity contribution in [1.29, 1.82) is 0 Å². The van der Waals surface area contributed by atoms with Crippen molar-refractivity contribution < 1.29 is 34.1 Å². The molecule has 4 aliphatic rings. The van der Waals surface area contributed by atoms with Gasteiger partial charge in [-0.2, -0.15) is 0 Å². The molecule has 3 N–H and O–H groups in total. The molecule has 0 spiro atoms. The fourth-order valence-electron chi connectivity index (χ4n) is 8.89. The van der Waals surface area contributed by atoms with Crippen LogP contribution in [0.5, 0.6) is 0 Å². The largest absolute Gasteiger partial charge is 0.478 e. The van der Waals surface area contributed by atoms with E-state index in [9.17, 15) is 24.6 Å². The Labute approximate surface area is 286 Å². The highest BCUT2D eigenvalue weighted by Crippen LogP contribution is 2.41. The third kappa shape index (κ3) is 6.60. The number of carbonyl (C=O) groups excluding carboxylic acids is 1. The molecule has 2 aromatic carbocycles. The SMILES string of the molecule is CN(C)C(=O)n1c2c(c3cc(C(=O)O)ccc31)CC(C1CCOCC1)CC2.O=C(O)c1ccc2[nH]c3c(c2c1)CC(C1CCOCC1)CC3. The highest BCUT2D eigenvalue weighted by atomic mass is 16.5. The Hall–Kier alpha value is -4.15. The van der Waals surface area contributed by atoms with Crippen molar-refractivity contribution in [3.05, 3.63) is 70.0 Å². The van der Waals surface area contributed by atoms with Gasteiger partial charge in [0.2, 0.25) is 0 Å². The van der Waals surface area contributed by atoms with E-state index in [4.69, 9.17) is 9.47 Å². The van der Waals surface area contributed by atoms with Crippen LogP contribution >= 0.6 is 0 Å².